The van der Waals surface area contributed by atoms with E-state index in [1.165, 1.54) is 7.05 Å². The summed E-state index contributed by atoms with van der Waals surface area (Å²) in [7, 11) is 1.24. The lowest BCUT2D eigenvalue weighted by Gasteiger charge is -2.24. The first kappa shape index (κ1) is 30.0. The molecule has 13 heteroatoms. The van der Waals surface area contributed by atoms with Crippen LogP contribution in [0.25, 0.3) is 5.83 Å². The first-order chi connectivity index (χ1) is 16.4. The maximum atomic E-state index is 14.9. The molecule has 0 spiro atoms. The van der Waals surface area contributed by atoms with Crippen LogP contribution in [0.1, 0.15) is 48.2 Å². The van der Waals surface area contributed by atoms with Gasteiger partial charge in [0.05, 0.1) is 25.7 Å². The number of halogens is 8. The highest BCUT2D eigenvalue weighted by Crippen LogP contribution is 2.42. The van der Waals surface area contributed by atoms with Crippen molar-refractivity contribution in [3.05, 3.63) is 73.2 Å². The minimum Gasteiger partial charge on any atom is -0.442 e. The molecule has 0 saturated carbocycles. The summed E-state index contributed by atoms with van der Waals surface area (Å²) in [5.41, 5.74) is 0.522. The number of hydrogen-bond donors (Lipinski definition) is 1. The topological polar surface area (TPSA) is 58.6 Å². The molecule has 36 heavy (non-hydrogen) atoms. The number of alkyl halides is 3. The minimum atomic E-state index is -4.90. The van der Waals surface area contributed by atoms with E-state index in [2.05, 4.69) is 5.43 Å². The number of benzene rings is 2. The van der Waals surface area contributed by atoms with E-state index in [0.29, 0.717) is 6.08 Å². The van der Waals surface area contributed by atoms with Gasteiger partial charge >= 0.3 is 12.3 Å². The molecule has 0 bridgehead atoms. The molecule has 0 heterocycles. The molecule has 1 N–H and O–H groups in total. The maximum Gasteiger partial charge on any atom is 0.428 e. The van der Waals surface area contributed by atoms with E-state index in [9.17, 15) is 27.2 Å². The summed E-state index contributed by atoms with van der Waals surface area (Å²) in [5.74, 6) is -4.50. The summed E-state index contributed by atoms with van der Waals surface area (Å²) in [6.45, 7) is 4.91. The molecule has 0 aromatic heterocycles. The van der Waals surface area contributed by atoms with Gasteiger partial charge in [-0.25, -0.2) is 14.2 Å². The molecule has 0 aliphatic heterocycles. The molecule has 0 aliphatic rings. The van der Waals surface area contributed by atoms with Gasteiger partial charge in [-0.1, -0.05) is 52.5 Å². The van der Waals surface area contributed by atoms with Gasteiger partial charge in [-0.15, -0.1) is 0 Å². The normalized spacial score (nSPS) is 13.3. The molecule has 0 aliphatic carbocycles. The molecule has 1 unspecified atom stereocenters. The Balaban J connectivity index is 2.32. The van der Waals surface area contributed by atoms with Gasteiger partial charge in [-0.3, -0.25) is 10.2 Å². The van der Waals surface area contributed by atoms with E-state index in [4.69, 9.17) is 51.1 Å². The Morgan fingerprint density at radius 3 is 2.03 bits per heavy atom. The van der Waals surface area contributed by atoms with E-state index in [-0.39, 0.29) is 31.2 Å². The maximum absolute atomic E-state index is 14.9. The summed E-state index contributed by atoms with van der Waals surface area (Å²) in [6, 6.07) is 5.03. The second kappa shape index (κ2) is 11.5. The van der Waals surface area contributed by atoms with Gasteiger partial charge in [0.25, 0.3) is 5.91 Å². The van der Waals surface area contributed by atoms with E-state index >= 15 is 0 Å². The Morgan fingerprint density at radius 1 is 1.00 bits per heavy atom. The largest absolute Gasteiger partial charge is 0.442 e. The van der Waals surface area contributed by atoms with Crippen LogP contribution in [0.2, 0.25) is 20.1 Å². The first-order valence-electron chi connectivity index (χ1n) is 10.1. The third-order valence-electron chi connectivity index (χ3n) is 4.46. The van der Waals surface area contributed by atoms with Crippen molar-refractivity contribution in [2.75, 3.05) is 7.05 Å². The molecule has 2 aromatic rings. The summed E-state index contributed by atoms with van der Waals surface area (Å²) >= 11 is 23.5. The molecular weight excluding hydrogens is 570 g/mol. The molecule has 0 saturated heterocycles. The number of nitrogens with zero attached hydrogens (tertiary/aromatic N) is 1. The van der Waals surface area contributed by atoms with E-state index < -0.39 is 41.1 Å². The van der Waals surface area contributed by atoms with Crippen LogP contribution in [0, 0.1) is 0 Å². The Hall–Kier alpha value is -2.20. The number of hydrazine groups is 1. The van der Waals surface area contributed by atoms with Crippen molar-refractivity contribution in [3.8, 4) is 0 Å². The molecule has 5 nitrogen and oxygen atoms in total. The molecule has 0 radical (unpaired) electrons. The molecule has 1 atom stereocenters. The van der Waals surface area contributed by atoms with Crippen LogP contribution < -0.4 is 5.43 Å². The monoisotopic (exact) mass is 588 g/mol. The number of carbonyl (C=O) groups excluding carboxylic acids is 2. The predicted octanol–water partition coefficient (Wildman–Crippen LogP) is 8.47. The van der Waals surface area contributed by atoms with Crippen molar-refractivity contribution in [2.45, 2.75) is 38.5 Å². The van der Waals surface area contributed by atoms with Crippen LogP contribution in [0.5, 0.6) is 0 Å². The van der Waals surface area contributed by atoms with Crippen LogP contribution in [-0.2, 0) is 4.74 Å². The van der Waals surface area contributed by atoms with Gasteiger partial charge < -0.3 is 4.74 Å². The molecule has 2 aromatic carbocycles. The van der Waals surface area contributed by atoms with Crippen LogP contribution in [0.4, 0.5) is 22.4 Å². The highest BCUT2D eigenvalue weighted by atomic mass is 35.5. The zero-order valence-electron chi connectivity index (χ0n) is 19.2. The standard InChI is InChI=1S/C23H20Cl4F4N2O3/c1-22(2,3)36-21(35)33(4)32-20(34)13-6-5-11(7-15(13)24)18(28)10-14(23(29,30)31)12-8-16(25)19(27)17(26)9-12/h5-10,14H,1-4H3,(H,32,34). The van der Waals surface area contributed by atoms with Crippen LogP contribution in [0.3, 0.4) is 0 Å². The highest BCUT2D eigenvalue weighted by molar-refractivity contribution is 6.48. The Morgan fingerprint density at radius 2 is 1.56 bits per heavy atom. The Kier molecular flexibility index (Phi) is 9.56. The first-order valence-corrected chi connectivity index (χ1v) is 11.6. The zero-order valence-corrected chi connectivity index (χ0v) is 22.3. The fourth-order valence-electron chi connectivity index (χ4n) is 2.81. The number of rotatable bonds is 4. The zero-order chi connectivity index (χ0) is 27.6. The van der Waals surface area contributed by atoms with Crippen molar-refractivity contribution >= 4 is 64.2 Å². The Labute approximate surface area is 224 Å². The number of amides is 2. The second-order valence-electron chi connectivity index (χ2n) is 8.51. The SMILES string of the molecule is CN(NC(=O)c1ccc(C(F)=CC(c2cc(Cl)c(Cl)c(Cl)c2)C(F)(F)F)cc1Cl)C(=O)OC(C)(C)C. The van der Waals surface area contributed by atoms with Gasteiger partial charge in [0.2, 0.25) is 0 Å². The van der Waals surface area contributed by atoms with E-state index in [0.717, 1.165) is 35.3 Å². The number of allylic oxidation sites excluding steroid dienone is 1. The van der Waals surface area contributed by atoms with Crippen molar-refractivity contribution in [1.82, 2.24) is 10.4 Å². The lowest BCUT2D eigenvalue weighted by Crippen LogP contribution is -2.45. The fourth-order valence-corrected chi connectivity index (χ4v) is 3.69. The van der Waals surface area contributed by atoms with Crippen LogP contribution >= 0.6 is 46.4 Å². The van der Waals surface area contributed by atoms with E-state index in [1.54, 1.807) is 20.8 Å². The lowest BCUT2D eigenvalue weighted by molar-refractivity contribution is -0.139. The van der Waals surface area contributed by atoms with Crippen molar-refractivity contribution in [2.24, 2.45) is 0 Å². The number of nitrogens with one attached hydrogen (secondary N) is 1. The molecule has 0 fully saturated rings. The second-order valence-corrected chi connectivity index (χ2v) is 10.1. The van der Waals surface area contributed by atoms with Crippen molar-refractivity contribution in [3.63, 3.8) is 0 Å². The van der Waals surface area contributed by atoms with Crippen molar-refractivity contribution < 1.29 is 31.9 Å². The van der Waals surface area contributed by atoms with Gasteiger partial charge in [0.1, 0.15) is 17.3 Å². The number of carbonyl (C=O) groups is 2. The van der Waals surface area contributed by atoms with Gasteiger partial charge in [0.15, 0.2) is 0 Å². The number of hydrogen-bond acceptors (Lipinski definition) is 3. The molecule has 2 amide bonds. The average molecular weight is 590 g/mol. The minimum absolute atomic E-state index is 0.134. The van der Waals surface area contributed by atoms with Gasteiger partial charge in [-0.2, -0.15) is 13.2 Å². The average Bonchev–Trinajstić information content (AvgIpc) is 2.72. The number of ether oxygens (including phenoxy) is 1. The smallest absolute Gasteiger partial charge is 0.428 e. The molecule has 196 valence electrons. The predicted molar refractivity (Wildman–Crippen MR) is 132 cm³/mol. The molecule has 2 rings (SSSR count). The van der Waals surface area contributed by atoms with E-state index in [1.807, 2.05) is 0 Å². The van der Waals surface area contributed by atoms with Crippen molar-refractivity contribution in [1.29, 1.82) is 0 Å². The Bertz CT molecular complexity index is 1170. The van der Waals surface area contributed by atoms with Crippen LogP contribution in [0.15, 0.2) is 36.4 Å². The highest BCUT2D eigenvalue weighted by Gasteiger charge is 2.40. The fraction of sp³-hybridized carbons (Fsp3) is 0.304. The quantitative estimate of drug-likeness (QED) is 0.221. The van der Waals surface area contributed by atoms with Crippen LogP contribution in [-0.4, -0.2) is 35.8 Å². The summed E-state index contributed by atoms with van der Waals surface area (Å²) < 4.78 is 61.2. The summed E-state index contributed by atoms with van der Waals surface area (Å²) in [6.07, 6.45) is -5.41. The van der Waals surface area contributed by atoms with Gasteiger partial charge in [-0.05, 0) is 56.7 Å². The third kappa shape index (κ3) is 7.90. The van der Waals surface area contributed by atoms with Gasteiger partial charge in [0, 0.05) is 12.6 Å². The summed E-state index contributed by atoms with van der Waals surface area (Å²) in [5, 5.41) is -0.0686. The molecular formula is C23H20Cl4F4N2O3. The lowest BCUT2D eigenvalue weighted by atomic mass is 9.96. The summed E-state index contributed by atoms with van der Waals surface area (Å²) in [4.78, 5) is 24.5. The third-order valence-corrected chi connectivity index (χ3v) is 5.97.